The molecule has 2 aromatic rings. The van der Waals surface area contributed by atoms with Gasteiger partial charge in [-0.25, -0.2) is 4.39 Å². The fraction of sp³-hybridized carbons (Fsp3) is 0.688. The van der Waals surface area contributed by atoms with Gasteiger partial charge in [-0.05, 0) is 113 Å². The zero-order valence-electron chi connectivity index (χ0n) is 24.5. The van der Waals surface area contributed by atoms with Crippen molar-refractivity contribution in [2.45, 2.75) is 109 Å². The Kier molecular flexibility index (Phi) is 7.95. The summed E-state index contributed by atoms with van der Waals surface area (Å²) >= 11 is 0. The fourth-order valence-corrected chi connectivity index (χ4v) is 7.87. The summed E-state index contributed by atoms with van der Waals surface area (Å²) in [5, 5.41) is 18.5. The second-order valence-corrected chi connectivity index (χ2v) is 12.9. The number of nitrogens with one attached hydrogen (secondary N) is 1. The van der Waals surface area contributed by atoms with Crippen LogP contribution in [0.1, 0.15) is 95.2 Å². The number of aromatic nitrogens is 2. The Morgan fingerprint density at radius 3 is 2.59 bits per heavy atom. The number of benzene rings is 1. The summed E-state index contributed by atoms with van der Waals surface area (Å²) in [6, 6.07) is 7.13. The lowest BCUT2D eigenvalue weighted by Gasteiger charge is -2.41. The van der Waals surface area contributed by atoms with Crippen molar-refractivity contribution in [1.29, 1.82) is 0 Å². The largest absolute Gasteiger partial charge is 0.480 e. The van der Waals surface area contributed by atoms with E-state index < -0.39 is 11.5 Å². The van der Waals surface area contributed by atoms with Gasteiger partial charge in [-0.1, -0.05) is 32.9 Å². The minimum atomic E-state index is -0.983. The third kappa shape index (κ3) is 5.17. The number of aryl methyl sites for hydroxylation is 2. The Balaban J connectivity index is 1.31. The number of carbonyl (C=O) groups is 1. The maximum atomic E-state index is 14.3. The molecule has 6 nitrogen and oxygen atoms in total. The number of hydrogen-bond donors (Lipinski definition) is 2. The Bertz CT molecular complexity index is 1180. The Morgan fingerprint density at radius 2 is 1.97 bits per heavy atom. The number of nitrogens with zero attached hydrogens (tertiary/aromatic N) is 3. The van der Waals surface area contributed by atoms with Crippen LogP contribution in [0, 0.1) is 17.7 Å². The fourth-order valence-electron chi connectivity index (χ4n) is 7.87. The first kappa shape index (κ1) is 28.3. The van der Waals surface area contributed by atoms with Crippen LogP contribution < -0.4 is 5.32 Å². The van der Waals surface area contributed by atoms with Gasteiger partial charge in [-0.3, -0.25) is 14.8 Å². The molecule has 0 amide bonds. The second-order valence-electron chi connectivity index (χ2n) is 12.9. The van der Waals surface area contributed by atoms with Crippen molar-refractivity contribution in [2.75, 3.05) is 19.6 Å². The van der Waals surface area contributed by atoms with Gasteiger partial charge in [0.2, 0.25) is 0 Å². The highest BCUT2D eigenvalue weighted by atomic mass is 19.1. The lowest BCUT2D eigenvalue weighted by molar-refractivity contribution is -0.146. The minimum Gasteiger partial charge on any atom is -0.480 e. The van der Waals surface area contributed by atoms with Crippen molar-refractivity contribution in [3.8, 4) is 0 Å². The van der Waals surface area contributed by atoms with Crippen LogP contribution in [0.2, 0.25) is 0 Å². The van der Waals surface area contributed by atoms with Crippen LogP contribution in [0.25, 0.3) is 0 Å². The molecule has 1 aliphatic heterocycles. The smallest absolute Gasteiger partial charge is 0.323 e. The monoisotopic (exact) mass is 538 g/mol. The second kappa shape index (κ2) is 11.0. The van der Waals surface area contributed by atoms with Crippen LogP contribution in [0.3, 0.4) is 0 Å². The standard InChI is InChI=1S/C32H47FN4O2/c1-6-28-26-11-12-32(29(26)37(7-2)35-28)13-15-36(16-14-32)20-23-18-25(34-31(5,21(3)4)30(38)39)19-27(23)22-9-8-10-24(33)17-22/h8-10,17,21,23,25,27,34H,6-7,11-16,18-20H2,1-5H3,(H,38,39)/t23-,25+,27-,31?/m1/s1. The van der Waals surface area contributed by atoms with Gasteiger partial charge in [0.15, 0.2) is 0 Å². The number of piperidine rings is 1. The summed E-state index contributed by atoms with van der Waals surface area (Å²) in [6.45, 7) is 14.2. The number of carboxylic acids is 1. The highest BCUT2D eigenvalue weighted by Gasteiger charge is 2.47. The summed E-state index contributed by atoms with van der Waals surface area (Å²) < 4.78 is 16.5. The van der Waals surface area contributed by atoms with Gasteiger partial charge in [0.05, 0.1) is 5.69 Å². The zero-order valence-corrected chi connectivity index (χ0v) is 24.5. The summed E-state index contributed by atoms with van der Waals surface area (Å²) in [5.41, 5.74) is 4.65. The third-order valence-corrected chi connectivity index (χ3v) is 10.5. The Hall–Kier alpha value is -2.25. The van der Waals surface area contributed by atoms with Gasteiger partial charge >= 0.3 is 5.97 Å². The van der Waals surface area contributed by atoms with E-state index in [-0.39, 0.29) is 29.1 Å². The summed E-state index contributed by atoms with van der Waals surface area (Å²) in [5.74, 6) is -0.475. The molecule has 1 unspecified atom stereocenters. The molecule has 3 aliphatic rings. The first-order valence-corrected chi connectivity index (χ1v) is 15.2. The Morgan fingerprint density at radius 1 is 1.23 bits per heavy atom. The average Bonchev–Trinajstić information content (AvgIpc) is 3.59. The average molecular weight is 539 g/mol. The molecule has 39 heavy (non-hydrogen) atoms. The summed E-state index contributed by atoms with van der Waals surface area (Å²) in [6.07, 6.45) is 7.48. The van der Waals surface area contributed by atoms with Crippen molar-refractivity contribution < 1.29 is 14.3 Å². The van der Waals surface area contributed by atoms with Gasteiger partial charge in [-0.2, -0.15) is 5.10 Å². The molecule has 1 aromatic carbocycles. The highest BCUT2D eigenvalue weighted by molar-refractivity contribution is 5.78. The molecular weight excluding hydrogens is 491 g/mol. The Labute approximate surface area is 233 Å². The lowest BCUT2D eigenvalue weighted by Crippen LogP contribution is -2.56. The first-order chi connectivity index (χ1) is 18.6. The maximum absolute atomic E-state index is 14.3. The number of halogens is 1. The first-order valence-electron chi connectivity index (χ1n) is 15.2. The van der Waals surface area contributed by atoms with Crippen molar-refractivity contribution in [3.05, 3.63) is 52.6 Å². The predicted octanol–water partition coefficient (Wildman–Crippen LogP) is 5.54. The zero-order chi connectivity index (χ0) is 27.9. The number of carboxylic acid groups (broad SMARTS) is 1. The van der Waals surface area contributed by atoms with Crippen molar-refractivity contribution >= 4 is 5.97 Å². The molecule has 2 aliphatic carbocycles. The number of hydrogen-bond acceptors (Lipinski definition) is 4. The van der Waals surface area contributed by atoms with Crippen molar-refractivity contribution in [1.82, 2.24) is 20.0 Å². The molecular formula is C32H47FN4O2. The molecule has 1 saturated heterocycles. The SMILES string of the molecule is CCc1nn(CC)c2c1CCC21CCN(C[C@H]2C[C@H](NC(C)(C(=O)O)C(C)C)C[C@@H]2c2cccc(F)c2)CC1. The molecule has 1 saturated carbocycles. The molecule has 7 heteroatoms. The minimum absolute atomic E-state index is 0.0407. The molecule has 1 aromatic heterocycles. The molecule has 2 N–H and O–H groups in total. The summed E-state index contributed by atoms with van der Waals surface area (Å²) in [4.78, 5) is 14.8. The molecule has 2 heterocycles. The normalized spacial score (nSPS) is 26.3. The molecule has 4 atom stereocenters. The molecule has 2 fully saturated rings. The topological polar surface area (TPSA) is 70.4 Å². The third-order valence-electron chi connectivity index (χ3n) is 10.5. The molecule has 0 radical (unpaired) electrons. The van der Waals surface area contributed by atoms with E-state index in [1.54, 1.807) is 13.0 Å². The van der Waals surface area contributed by atoms with E-state index in [0.717, 1.165) is 70.3 Å². The lowest BCUT2D eigenvalue weighted by atomic mass is 9.75. The van der Waals surface area contributed by atoms with Crippen molar-refractivity contribution in [2.24, 2.45) is 11.8 Å². The van der Waals surface area contributed by atoms with E-state index in [2.05, 4.69) is 28.7 Å². The van der Waals surface area contributed by atoms with E-state index >= 15 is 0 Å². The van der Waals surface area contributed by atoms with Gasteiger partial charge < -0.3 is 10.0 Å². The summed E-state index contributed by atoms with van der Waals surface area (Å²) in [7, 11) is 0. The van der Waals surface area contributed by atoms with Crippen LogP contribution in [-0.2, 0) is 29.6 Å². The van der Waals surface area contributed by atoms with Gasteiger partial charge in [0, 0.05) is 30.2 Å². The quantitative estimate of drug-likeness (QED) is 0.439. The van der Waals surface area contributed by atoms with Crippen molar-refractivity contribution in [3.63, 3.8) is 0 Å². The number of rotatable bonds is 9. The van der Waals surface area contributed by atoms with Crippen LogP contribution in [0.15, 0.2) is 24.3 Å². The van der Waals surface area contributed by atoms with E-state index in [1.165, 1.54) is 29.4 Å². The predicted molar refractivity (Wildman–Crippen MR) is 153 cm³/mol. The molecule has 0 bridgehead atoms. The number of fused-ring (bicyclic) bond motifs is 2. The van der Waals surface area contributed by atoms with Crippen LogP contribution >= 0.6 is 0 Å². The van der Waals surface area contributed by atoms with E-state index in [4.69, 9.17) is 5.10 Å². The van der Waals surface area contributed by atoms with Crippen LogP contribution in [0.5, 0.6) is 0 Å². The van der Waals surface area contributed by atoms with Crippen LogP contribution in [0.4, 0.5) is 4.39 Å². The van der Waals surface area contributed by atoms with Crippen LogP contribution in [-0.4, -0.2) is 57.0 Å². The molecule has 5 rings (SSSR count). The van der Waals surface area contributed by atoms with E-state index in [1.807, 2.05) is 26.0 Å². The van der Waals surface area contributed by atoms with Gasteiger partial charge in [0.25, 0.3) is 0 Å². The maximum Gasteiger partial charge on any atom is 0.323 e. The van der Waals surface area contributed by atoms with E-state index in [9.17, 15) is 14.3 Å². The molecule has 1 spiro atoms. The van der Waals surface area contributed by atoms with Gasteiger partial charge in [0.1, 0.15) is 11.4 Å². The van der Waals surface area contributed by atoms with E-state index in [0.29, 0.717) is 5.92 Å². The number of likely N-dealkylation sites (tertiary alicyclic amines) is 1. The van der Waals surface area contributed by atoms with Gasteiger partial charge in [-0.15, -0.1) is 0 Å². The molecule has 214 valence electrons. The highest BCUT2D eigenvalue weighted by Crippen LogP contribution is 2.48. The number of aliphatic carboxylic acids is 1.